The maximum atomic E-state index is 12.7. The lowest BCUT2D eigenvalue weighted by molar-refractivity contribution is -0.274. The largest absolute Gasteiger partial charge is 0.378 e. The van der Waals surface area contributed by atoms with E-state index in [1.807, 2.05) is 12.1 Å². The van der Waals surface area contributed by atoms with Gasteiger partial charge in [0, 0.05) is 29.6 Å². The highest BCUT2D eigenvalue weighted by molar-refractivity contribution is 6.24. The van der Waals surface area contributed by atoms with E-state index in [9.17, 15) is 9.59 Å². The third-order valence-corrected chi connectivity index (χ3v) is 4.16. The van der Waals surface area contributed by atoms with Crippen LogP contribution >= 0.6 is 0 Å². The number of benzene rings is 1. The highest BCUT2D eigenvalue weighted by Crippen LogP contribution is 2.33. The average molecular weight is 360 g/mol. The van der Waals surface area contributed by atoms with Gasteiger partial charge in [-0.1, -0.05) is 25.1 Å². The molecule has 1 aromatic carbocycles. The standard InChI is InChI=1S/C17H20N4O5/c1-2-11-14(16(23)26-21(17(18)19)25-15(11)22)12-5-3-4-6-13(12)20-7-9-24-10-8-20/h3-6H,2,7-10H2,1H3,(H3,18,19). The Morgan fingerprint density at radius 1 is 1.15 bits per heavy atom. The van der Waals surface area contributed by atoms with Crippen LogP contribution < -0.4 is 10.6 Å². The van der Waals surface area contributed by atoms with E-state index in [1.165, 1.54) is 0 Å². The van der Waals surface area contributed by atoms with Crippen molar-refractivity contribution in [2.24, 2.45) is 5.73 Å². The van der Waals surface area contributed by atoms with Crippen LogP contribution in [0.15, 0.2) is 29.8 Å². The molecule has 3 N–H and O–H groups in total. The molecule has 1 saturated heterocycles. The van der Waals surface area contributed by atoms with Gasteiger partial charge in [0.15, 0.2) is 0 Å². The Balaban J connectivity index is 2.09. The van der Waals surface area contributed by atoms with Crippen molar-refractivity contribution >= 4 is 29.2 Å². The van der Waals surface area contributed by atoms with Gasteiger partial charge in [-0.05, 0) is 12.5 Å². The van der Waals surface area contributed by atoms with Crippen molar-refractivity contribution in [3.8, 4) is 0 Å². The Kier molecular flexibility index (Phi) is 5.08. The Labute approximate surface area is 150 Å². The molecule has 2 aliphatic rings. The molecule has 0 bridgehead atoms. The van der Waals surface area contributed by atoms with E-state index < -0.39 is 17.9 Å². The predicted octanol–water partition coefficient (Wildman–Crippen LogP) is 0.812. The van der Waals surface area contributed by atoms with Crippen LogP contribution in [0, 0.1) is 5.41 Å². The van der Waals surface area contributed by atoms with Gasteiger partial charge >= 0.3 is 11.9 Å². The molecule has 9 heteroatoms. The van der Waals surface area contributed by atoms with Crippen LogP contribution in [0.25, 0.3) is 5.57 Å². The number of carbonyl (C=O) groups is 2. The molecule has 1 aromatic rings. The van der Waals surface area contributed by atoms with Crippen LogP contribution in [0.1, 0.15) is 18.9 Å². The van der Waals surface area contributed by atoms with E-state index in [1.54, 1.807) is 19.1 Å². The van der Waals surface area contributed by atoms with Crippen molar-refractivity contribution in [2.75, 3.05) is 31.2 Å². The van der Waals surface area contributed by atoms with Crippen molar-refractivity contribution in [2.45, 2.75) is 13.3 Å². The second-order valence-corrected chi connectivity index (χ2v) is 5.72. The molecule has 0 amide bonds. The van der Waals surface area contributed by atoms with Crippen molar-refractivity contribution in [3.05, 3.63) is 35.4 Å². The minimum Gasteiger partial charge on any atom is -0.378 e. The van der Waals surface area contributed by atoms with Gasteiger partial charge in [-0.2, -0.15) is 0 Å². The number of morpholine rings is 1. The maximum Gasteiger partial charge on any atom is 0.368 e. The monoisotopic (exact) mass is 360 g/mol. The number of hydroxylamine groups is 2. The van der Waals surface area contributed by atoms with Gasteiger partial charge in [-0.3, -0.25) is 15.1 Å². The first-order chi connectivity index (χ1) is 12.5. The molecule has 26 heavy (non-hydrogen) atoms. The quantitative estimate of drug-likeness (QED) is 0.601. The van der Waals surface area contributed by atoms with Crippen LogP contribution in [0.3, 0.4) is 0 Å². The summed E-state index contributed by atoms with van der Waals surface area (Å²) in [7, 11) is 0. The average Bonchev–Trinajstić information content (AvgIpc) is 2.78. The van der Waals surface area contributed by atoms with Crippen molar-refractivity contribution < 1.29 is 24.0 Å². The van der Waals surface area contributed by atoms with Gasteiger partial charge in [0.2, 0.25) is 0 Å². The van der Waals surface area contributed by atoms with Gasteiger partial charge < -0.3 is 15.4 Å². The lowest BCUT2D eigenvalue weighted by atomic mass is 9.96. The summed E-state index contributed by atoms with van der Waals surface area (Å²) in [5.41, 5.74) is 6.95. The van der Waals surface area contributed by atoms with E-state index in [0.29, 0.717) is 37.1 Å². The smallest absolute Gasteiger partial charge is 0.368 e. The van der Waals surface area contributed by atoms with Gasteiger partial charge in [0.25, 0.3) is 5.96 Å². The second-order valence-electron chi connectivity index (χ2n) is 5.72. The maximum absolute atomic E-state index is 12.7. The zero-order chi connectivity index (χ0) is 18.7. The molecule has 0 aliphatic carbocycles. The third kappa shape index (κ3) is 3.33. The van der Waals surface area contributed by atoms with Gasteiger partial charge in [-0.25, -0.2) is 9.59 Å². The lowest BCUT2D eigenvalue weighted by Gasteiger charge is -2.30. The van der Waals surface area contributed by atoms with Gasteiger partial charge in [0.05, 0.1) is 24.4 Å². The first kappa shape index (κ1) is 17.7. The van der Waals surface area contributed by atoms with Crippen molar-refractivity contribution in [1.29, 1.82) is 5.41 Å². The van der Waals surface area contributed by atoms with Crippen LogP contribution in [0.4, 0.5) is 5.69 Å². The number of nitrogens with one attached hydrogen (secondary N) is 1. The number of anilines is 1. The number of hydrogen-bond acceptors (Lipinski definition) is 7. The molecule has 2 aliphatic heterocycles. The first-order valence-corrected chi connectivity index (χ1v) is 8.27. The number of nitrogens with zero attached hydrogens (tertiary/aromatic N) is 2. The first-order valence-electron chi connectivity index (χ1n) is 8.27. The number of carbonyl (C=O) groups excluding carboxylic acids is 2. The second kappa shape index (κ2) is 7.44. The normalized spacial score (nSPS) is 18.3. The summed E-state index contributed by atoms with van der Waals surface area (Å²) in [6.07, 6.45) is 0.256. The molecule has 0 atom stereocenters. The van der Waals surface area contributed by atoms with Crippen LogP contribution in [-0.4, -0.2) is 49.4 Å². The Morgan fingerprint density at radius 2 is 1.81 bits per heavy atom. The highest BCUT2D eigenvalue weighted by Gasteiger charge is 2.34. The van der Waals surface area contributed by atoms with Crippen LogP contribution in [0.5, 0.6) is 0 Å². The molecule has 0 aromatic heterocycles. The summed E-state index contributed by atoms with van der Waals surface area (Å²) < 4.78 is 5.38. The number of rotatable bonds is 3. The summed E-state index contributed by atoms with van der Waals surface area (Å²) in [6.45, 7) is 4.25. The fourth-order valence-corrected chi connectivity index (χ4v) is 2.95. The number of nitrogens with two attached hydrogens (primary N) is 1. The fraction of sp³-hybridized carbons (Fsp3) is 0.353. The third-order valence-electron chi connectivity index (χ3n) is 4.16. The zero-order valence-corrected chi connectivity index (χ0v) is 14.4. The molecule has 1 fully saturated rings. The van der Waals surface area contributed by atoms with E-state index >= 15 is 0 Å². The fourth-order valence-electron chi connectivity index (χ4n) is 2.95. The molecule has 9 nitrogen and oxygen atoms in total. The summed E-state index contributed by atoms with van der Waals surface area (Å²) in [5.74, 6) is -2.28. The van der Waals surface area contributed by atoms with E-state index in [-0.39, 0.29) is 17.6 Å². The minimum atomic E-state index is -0.802. The minimum absolute atomic E-state index is 0.114. The number of hydrogen-bond donors (Lipinski definition) is 2. The van der Waals surface area contributed by atoms with Crippen LogP contribution in [0.2, 0.25) is 0 Å². The van der Waals surface area contributed by atoms with E-state index in [4.69, 9.17) is 25.6 Å². The molecular formula is C17H20N4O5. The highest BCUT2D eigenvalue weighted by atomic mass is 17.0. The zero-order valence-electron chi connectivity index (χ0n) is 14.4. The molecule has 3 rings (SSSR count). The Morgan fingerprint density at radius 3 is 2.46 bits per heavy atom. The number of para-hydroxylation sites is 1. The summed E-state index contributed by atoms with van der Waals surface area (Å²) >= 11 is 0. The van der Waals surface area contributed by atoms with Crippen molar-refractivity contribution in [1.82, 2.24) is 5.23 Å². The molecule has 0 unspecified atom stereocenters. The topological polar surface area (TPSA) is 118 Å². The number of ether oxygens (including phenoxy) is 1. The summed E-state index contributed by atoms with van der Waals surface area (Å²) in [5, 5.41) is 7.69. The number of guanidine groups is 1. The summed E-state index contributed by atoms with van der Waals surface area (Å²) in [4.78, 5) is 37.1. The molecule has 0 saturated carbocycles. The molecule has 138 valence electrons. The molecule has 0 spiro atoms. The van der Waals surface area contributed by atoms with E-state index in [2.05, 4.69) is 4.90 Å². The molecule has 2 heterocycles. The molecule has 0 radical (unpaired) electrons. The predicted molar refractivity (Wildman–Crippen MR) is 92.6 cm³/mol. The van der Waals surface area contributed by atoms with Gasteiger partial charge in [0.1, 0.15) is 0 Å². The van der Waals surface area contributed by atoms with Crippen LogP contribution in [-0.2, 0) is 24.0 Å². The summed E-state index contributed by atoms with van der Waals surface area (Å²) in [6, 6.07) is 7.29. The van der Waals surface area contributed by atoms with Gasteiger partial charge in [-0.15, -0.1) is 0 Å². The SMILES string of the molecule is CCC1=C(c2ccccc2N2CCOCC2)C(=O)ON(C(=N)N)OC1=O. The Bertz CT molecular complexity index is 770. The Hall–Kier alpha value is -3.07. The lowest BCUT2D eigenvalue weighted by Crippen LogP contribution is -2.38. The van der Waals surface area contributed by atoms with Crippen molar-refractivity contribution in [3.63, 3.8) is 0 Å². The molecular weight excluding hydrogens is 340 g/mol. The van der Waals surface area contributed by atoms with E-state index in [0.717, 1.165) is 5.69 Å².